The van der Waals surface area contributed by atoms with Crippen molar-refractivity contribution in [1.82, 2.24) is 25.3 Å². The van der Waals surface area contributed by atoms with E-state index in [-0.39, 0.29) is 17.3 Å². The van der Waals surface area contributed by atoms with Crippen LogP contribution >= 0.6 is 31.9 Å². The molecule has 0 fully saturated rings. The topological polar surface area (TPSA) is 105 Å². The van der Waals surface area contributed by atoms with Crippen LogP contribution in [0.4, 0.5) is 5.69 Å². The van der Waals surface area contributed by atoms with Crippen LogP contribution in [-0.2, 0) is 7.05 Å². The van der Waals surface area contributed by atoms with Crippen LogP contribution in [0.3, 0.4) is 0 Å². The van der Waals surface area contributed by atoms with Gasteiger partial charge < -0.3 is 10.6 Å². The summed E-state index contributed by atoms with van der Waals surface area (Å²) in [5.41, 5.74) is 0.612. The molecule has 2 amide bonds. The van der Waals surface area contributed by atoms with Crippen molar-refractivity contribution in [2.45, 2.75) is 0 Å². The number of carbonyl (C=O) groups is 2. The van der Waals surface area contributed by atoms with E-state index in [4.69, 9.17) is 0 Å². The van der Waals surface area contributed by atoms with E-state index in [1.807, 2.05) is 0 Å². The molecule has 0 aliphatic rings. The van der Waals surface area contributed by atoms with Crippen molar-refractivity contribution in [3.05, 3.63) is 26.7 Å². The van der Waals surface area contributed by atoms with E-state index in [2.05, 4.69) is 57.8 Å². The number of hydrogen-bond donors (Lipinski definition) is 3. The summed E-state index contributed by atoms with van der Waals surface area (Å²) in [7, 11) is 3.15. The van der Waals surface area contributed by atoms with E-state index in [9.17, 15) is 9.59 Å². The zero-order chi connectivity index (χ0) is 14.9. The van der Waals surface area contributed by atoms with Crippen LogP contribution in [0.25, 0.3) is 0 Å². The minimum atomic E-state index is -0.461. The van der Waals surface area contributed by atoms with Gasteiger partial charge in [-0.15, -0.1) is 0 Å². The molecule has 0 spiro atoms. The lowest BCUT2D eigenvalue weighted by molar-refractivity contribution is 0.0958. The maximum atomic E-state index is 12.1. The average molecular weight is 406 g/mol. The fraction of sp³-hybridized carbons (Fsp3) is 0.200. The van der Waals surface area contributed by atoms with Crippen LogP contribution in [-0.4, -0.2) is 38.8 Å². The molecular weight excluding hydrogens is 396 g/mol. The molecule has 0 saturated heterocycles. The number of aromatic nitrogens is 4. The minimum Gasteiger partial charge on any atom is -0.354 e. The van der Waals surface area contributed by atoms with Crippen molar-refractivity contribution in [3.8, 4) is 0 Å². The molecule has 0 saturated carbocycles. The van der Waals surface area contributed by atoms with E-state index in [1.165, 1.54) is 17.9 Å². The summed E-state index contributed by atoms with van der Waals surface area (Å²) in [5.74, 6) is -0.847. The molecule has 2 aromatic rings. The van der Waals surface area contributed by atoms with Crippen LogP contribution < -0.4 is 10.6 Å². The second kappa shape index (κ2) is 5.75. The average Bonchev–Trinajstić information content (AvgIpc) is 2.93. The number of anilines is 1. The Morgan fingerprint density at radius 1 is 1.30 bits per heavy atom. The lowest BCUT2D eigenvalue weighted by atomic mass is 10.3. The fourth-order valence-electron chi connectivity index (χ4n) is 1.51. The van der Waals surface area contributed by atoms with Gasteiger partial charge in [0.05, 0.1) is 10.2 Å². The fourth-order valence-corrected chi connectivity index (χ4v) is 2.14. The maximum absolute atomic E-state index is 12.1. The molecule has 0 aliphatic carbocycles. The van der Waals surface area contributed by atoms with Crippen LogP contribution in [0.1, 0.15) is 21.0 Å². The van der Waals surface area contributed by atoms with Crippen molar-refractivity contribution in [1.29, 1.82) is 0 Å². The highest BCUT2D eigenvalue weighted by Crippen LogP contribution is 2.25. The van der Waals surface area contributed by atoms with Gasteiger partial charge in [0.2, 0.25) is 0 Å². The Hall–Kier alpha value is -1.68. The summed E-state index contributed by atoms with van der Waals surface area (Å²) in [5, 5.41) is 15.5. The van der Waals surface area contributed by atoms with E-state index < -0.39 is 5.91 Å². The Morgan fingerprint density at radius 3 is 2.55 bits per heavy atom. The second-order valence-electron chi connectivity index (χ2n) is 3.80. The Labute approximate surface area is 130 Å². The van der Waals surface area contributed by atoms with Gasteiger partial charge in [-0.05, 0) is 31.9 Å². The molecule has 10 heteroatoms. The highest BCUT2D eigenvalue weighted by Gasteiger charge is 2.21. The highest BCUT2D eigenvalue weighted by atomic mass is 79.9. The third-order valence-electron chi connectivity index (χ3n) is 2.40. The van der Waals surface area contributed by atoms with Crippen molar-refractivity contribution in [2.75, 3.05) is 12.4 Å². The first-order valence-corrected chi connectivity index (χ1v) is 6.99. The van der Waals surface area contributed by atoms with E-state index in [1.54, 1.807) is 7.05 Å². The lowest BCUT2D eigenvalue weighted by Gasteiger charge is -2.02. The smallest absolute Gasteiger partial charge is 0.277 e. The van der Waals surface area contributed by atoms with Crippen LogP contribution in [0.2, 0.25) is 0 Å². The third-order valence-corrected chi connectivity index (χ3v) is 4.28. The molecular formula is C10H10Br2N6O2. The molecule has 8 nitrogen and oxygen atoms in total. The molecule has 0 bridgehead atoms. The van der Waals surface area contributed by atoms with Crippen LogP contribution in [0.5, 0.6) is 0 Å². The van der Waals surface area contributed by atoms with Crippen molar-refractivity contribution >= 4 is 49.4 Å². The van der Waals surface area contributed by atoms with Gasteiger partial charge in [-0.2, -0.15) is 10.2 Å². The molecule has 20 heavy (non-hydrogen) atoms. The zero-order valence-corrected chi connectivity index (χ0v) is 13.7. The van der Waals surface area contributed by atoms with Gasteiger partial charge in [0, 0.05) is 20.3 Å². The van der Waals surface area contributed by atoms with Gasteiger partial charge in [0.1, 0.15) is 4.60 Å². The van der Waals surface area contributed by atoms with Crippen LogP contribution in [0, 0.1) is 0 Å². The van der Waals surface area contributed by atoms with Gasteiger partial charge in [-0.3, -0.25) is 19.4 Å². The number of aryl methyl sites for hydroxylation is 1. The molecule has 0 aliphatic heterocycles. The first-order valence-electron chi connectivity index (χ1n) is 5.40. The Balaban J connectivity index is 2.28. The maximum Gasteiger partial charge on any atom is 0.277 e. The number of amides is 2. The van der Waals surface area contributed by atoms with Crippen molar-refractivity contribution in [3.63, 3.8) is 0 Å². The van der Waals surface area contributed by atoms with Crippen molar-refractivity contribution < 1.29 is 9.59 Å². The minimum absolute atomic E-state index is 0.133. The van der Waals surface area contributed by atoms with E-state index >= 15 is 0 Å². The number of nitrogens with zero attached hydrogens (tertiary/aromatic N) is 3. The van der Waals surface area contributed by atoms with Crippen molar-refractivity contribution in [2.24, 2.45) is 7.05 Å². The summed E-state index contributed by atoms with van der Waals surface area (Å²) < 4.78 is 2.50. The van der Waals surface area contributed by atoms with E-state index in [0.29, 0.717) is 14.8 Å². The summed E-state index contributed by atoms with van der Waals surface area (Å²) in [6, 6.07) is 0. The molecule has 0 unspecified atom stereocenters. The normalized spacial score (nSPS) is 10.4. The van der Waals surface area contributed by atoms with Crippen LogP contribution in [0.15, 0.2) is 15.3 Å². The number of carbonyl (C=O) groups excluding carboxylic acids is 2. The Morgan fingerprint density at radius 2 is 2.00 bits per heavy atom. The first-order chi connectivity index (χ1) is 9.43. The molecule has 106 valence electrons. The number of aromatic amines is 1. The molecule has 2 aromatic heterocycles. The molecule has 2 rings (SSSR count). The number of H-pyrrole nitrogens is 1. The highest BCUT2D eigenvalue weighted by molar-refractivity contribution is 9.13. The second-order valence-corrected chi connectivity index (χ2v) is 5.38. The van der Waals surface area contributed by atoms with Gasteiger partial charge in [-0.1, -0.05) is 0 Å². The number of nitrogens with one attached hydrogen (secondary N) is 3. The Bertz CT molecular complexity index is 677. The van der Waals surface area contributed by atoms with Gasteiger partial charge in [0.15, 0.2) is 11.4 Å². The molecule has 0 aromatic carbocycles. The SMILES string of the molecule is CNC(=O)c1nn(C)cc1NC(=O)c1n[nH]c(Br)c1Br. The largest absolute Gasteiger partial charge is 0.354 e. The number of rotatable bonds is 3. The predicted molar refractivity (Wildman–Crippen MR) is 78.5 cm³/mol. The number of hydrogen-bond acceptors (Lipinski definition) is 4. The quantitative estimate of drug-likeness (QED) is 0.715. The summed E-state index contributed by atoms with van der Waals surface area (Å²) in [6.07, 6.45) is 1.54. The van der Waals surface area contributed by atoms with Gasteiger partial charge in [0.25, 0.3) is 11.8 Å². The zero-order valence-electron chi connectivity index (χ0n) is 10.5. The third kappa shape index (κ3) is 2.75. The molecule has 2 heterocycles. The summed E-state index contributed by atoms with van der Waals surface area (Å²) in [6.45, 7) is 0. The molecule has 3 N–H and O–H groups in total. The molecule has 0 radical (unpaired) electrons. The van der Waals surface area contributed by atoms with E-state index in [0.717, 1.165) is 0 Å². The summed E-state index contributed by atoms with van der Waals surface area (Å²) >= 11 is 6.43. The standard InChI is InChI=1S/C10H10Br2N6O2/c1-13-9(19)6-4(3-18(2)17-6)14-10(20)7-5(11)8(12)16-15-7/h3H,1-2H3,(H,13,19)(H,14,20)(H,15,16). The predicted octanol–water partition coefficient (Wildman–Crippen LogP) is 1.28. The first kappa shape index (κ1) is 14.7. The monoisotopic (exact) mass is 404 g/mol. The number of halogens is 2. The van der Waals surface area contributed by atoms with Gasteiger partial charge >= 0.3 is 0 Å². The summed E-state index contributed by atoms with van der Waals surface area (Å²) in [4.78, 5) is 23.8. The molecule has 0 atom stereocenters. The lowest BCUT2D eigenvalue weighted by Crippen LogP contribution is -2.21. The Kier molecular flexibility index (Phi) is 4.23. The van der Waals surface area contributed by atoms with Gasteiger partial charge in [-0.25, -0.2) is 0 Å².